The summed E-state index contributed by atoms with van der Waals surface area (Å²) in [6.07, 6.45) is 4.97. The lowest BCUT2D eigenvalue weighted by Crippen LogP contribution is -2.63. The summed E-state index contributed by atoms with van der Waals surface area (Å²) in [6.45, 7) is 2.96. The summed E-state index contributed by atoms with van der Waals surface area (Å²) in [7, 11) is 0. The minimum atomic E-state index is -2.05. The highest BCUT2D eigenvalue weighted by Crippen LogP contribution is 2.67. The van der Waals surface area contributed by atoms with Gasteiger partial charge in [-0.1, -0.05) is 25.5 Å². The summed E-state index contributed by atoms with van der Waals surface area (Å²) < 4.78 is 0. The number of aliphatic hydroxyl groups excluding tert-OH is 3. The van der Waals surface area contributed by atoms with Crippen molar-refractivity contribution in [2.75, 3.05) is 6.61 Å². The van der Waals surface area contributed by atoms with E-state index in [1.54, 1.807) is 19.1 Å². The molecule has 0 heterocycles. The molecule has 4 N–H and O–H groups in total. The van der Waals surface area contributed by atoms with Crippen LogP contribution in [-0.2, 0) is 9.59 Å². The van der Waals surface area contributed by atoms with Gasteiger partial charge in [-0.3, -0.25) is 9.59 Å². The Kier molecular flexibility index (Phi) is 4.10. The zero-order valence-electron chi connectivity index (χ0n) is 15.8. The third-order valence-electron chi connectivity index (χ3n) is 8.28. The summed E-state index contributed by atoms with van der Waals surface area (Å²) in [6, 6.07) is 0. The average molecular weight is 376 g/mol. The Morgan fingerprint density at radius 3 is 2.67 bits per heavy atom. The smallest absolute Gasteiger partial charge is 0.192 e. The number of aliphatic hydroxyl groups is 4. The molecule has 0 aromatic carbocycles. The maximum absolute atomic E-state index is 12.4. The van der Waals surface area contributed by atoms with Crippen LogP contribution in [0, 0.1) is 28.6 Å². The standard InChI is InChI=1S/C21H28O6/c1-19-6-5-12(23)7-11(19)3-4-13-14-8-16(25)21(27,17(26)10-22)20(14,2)9-15(24)18(13)19/h5-7,13-16,18,22,24-25,27H,3-4,8-10H2,1-2H3/t13?,14?,15-,16+,18?,19?,20-,21-/m0/s1. The second kappa shape index (κ2) is 5.83. The second-order valence-corrected chi connectivity index (χ2v) is 9.31. The van der Waals surface area contributed by atoms with E-state index in [-0.39, 0.29) is 36.4 Å². The van der Waals surface area contributed by atoms with Crippen LogP contribution in [-0.4, -0.2) is 56.4 Å². The number of allylic oxidation sites excluding steroid dienone is 4. The van der Waals surface area contributed by atoms with Crippen LogP contribution in [0.2, 0.25) is 0 Å². The van der Waals surface area contributed by atoms with Crippen molar-refractivity contribution in [2.24, 2.45) is 28.6 Å². The Bertz CT molecular complexity index is 756. The number of rotatable bonds is 2. The highest BCUT2D eigenvalue weighted by molar-refractivity contribution is 6.01. The lowest BCUT2D eigenvalue weighted by molar-refractivity contribution is -0.190. The molecule has 0 spiro atoms. The molecule has 0 radical (unpaired) electrons. The van der Waals surface area contributed by atoms with E-state index in [1.165, 1.54) is 0 Å². The quantitative estimate of drug-likeness (QED) is 0.559. The van der Waals surface area contributed by atoms with E-state index in [1.807, 2.05) is 13.0 Å². The molecule has 0 aromatic rings. The van der Waals surface area contributed by atoms with Gasteiger partial charge in [0.2, 0.25) is 0 Å². The summed E-state index contributed by atoms with van der Waals surface area (Å²) in [5.74, 6) is -1.09. The molecule has 4 unspecified atom stereocenters. The number of hydrogen-bond donors (Lipinski definition) is 4. The van der Waals surface area contributed by atoms with Crippen LogP contribution in [0.25, 0.3) is 0 Å². The van der Waals surface area contributed by atoms with Crippen molar-refractivity contribution in [3.05, 3.63) is 23.8 Å². The van der Waals surface area contributed by atoms with Crippen LogP contribution in [0.4, 0.5) is 0 Å². The van der Waals surface area contributed by atoms with Crippen molar-refractivity contribution in [1.29, 1.82) is 0 Å². The predicted octanol–water partition coefficient (Wildman–Crippen LogP) is 0.528. The molecular weight excluding hydrogens is 348 g/mol. The van der Waals surface area contributed by atoms with Crippen LogP contribution in [0.15, 0.2) is 23.8 Å². The molecule has 148 valence electrons. The van der Waals surface area contributed by atoms with E-state index < -0.39 is 41.0 Å². The van der Waals surface area contributed by atoms with Gasteiger partial charge in [-0.25, -0.2) is 0 Å². The summed E-state index contributed by atoms with van der Waals surface area (Å²) >= 11 is 0. The van der Waals surface area contributed by atoms with Gasteiger partial charge >= 0.3 is 0 Å². The number of carbonyl (C=O) groups is 2. The van der Waals surface area contributed by atoms with Crippen molar-refractivity contribution in [2.45, 2.75) is 57.3 Å². The first-order valence-electron chi connectivity index (χ1n) is 9.76. The molecule has 6 nitrogen and oxygen atoms in total. The van der Waals surface area contributed by atoms with Crippen LogP contribution in [0.1, 0.15) is 39.5 Å². The normalized spacial score (nSPS) is 51.3. The van der Waals surface area contributed by atoms with E-state index in [2.05, 4.69) is 0 Å². The van der Waals surface area contributed by atoms with E-state index >= 15 is 0 Å². The molecule has 0 aliphatic heterocycles. The Morgan fingerprint density at radius 1 is 1.30 bits per heavy atom. The minimum Gasteiger partial charge on any atom is -0.393 e. The van der Waals surface area contributed by atoms with E-state index in [0.29, 0.717) is 0 Å². The fourth-order valence-corrected chi connectivity index (χ4v) is 6.96. The van der Waals surface area contributed by atoms with Crippen LogP contribution < -0.4 is 0 Å². The molecular formula is C21H28O6. The van der Waals surface area contributed by atoms with Gasteiger partial charge in [0.15, 0.2) is 17.2 Å². The maximum atomic E-state index is 12.4. The molecule has 4 aliphatic carbocycles. The molecule has 4 rings (SSSR count). The molecule has 6 heteroatoms. The Labute approximate surface area is 158 Å². The first-order valence-corrected chi connectivity index (χ1v) is 9.76. The number of hydrogen-bond acceptors (Lipinski definition) is 6. The zero-order chi connectivity index (χ0) is 19.8. The molecule has 27 heavy (non-hydrogen) atoms. The summed E-state index contributed by atoms with van der Waals surface area (Å²) in [4.78, 5) is 24.2. The Balaban J connectivity index is 1.78. The predicted molar refractivity (Wildman–Crippen MR) is 96.4 cm³/mol. The van der Waals surface area contributed by atoms with Gasteiger partial charge in [-0.05, 0) is 49.7 Å². The lowest BCUT2D eigenvalue weighted by Gasteiger charge is -2.59. The van der Waals surface area contributed by atoms with E-state index in [9.17, 15) is 30.0 Å². The number of ketones is 2. The van der Waals surface area contributed by atoms with Gasteiger partial charge in [-0.2, -0.15) is 0 Å². The van der Waals surface area contributed by atoms with Gasteiger partial charge in [-0.15, -0.1) is 0 Å². The molecule has 0 amide bonds. The summed E-state index contributed by atoms with van der Waals surface area (Å²) in [5, 5.41) is 42.3. The monoisotopic (exact) mass is 376 g/mol. The number of fused-ring (bicyclic) bond motifs is 5. The molecule has 3 fully saturated rings. The minimum absolute atomic E-state index is 0.00826. The largest absolute Gasteiger partial charge is 0.393 e. The fourth-order valence-electron chi connectivity index (χ4n) is 6.96. The third-order valence-corrected chi connectivity index (χ3v) is 8.28. The van der Waals surface area contributed by atoms with Crippen molar-refractivity contribution in [1.82, 2.24) is 0 Å². The molecule has 0 saturated heterocycles. The van der Waals surface area contributed by atoms with Gasteiger partial charge in [0.1, 0.15) is 6.61 Å². The van der Waals surface area contributed by atoms with Gasteiger partial charge in [0, 0.05) is 16.7 Å². The van der Waals surface area contributed by atoms with Gasteiger partial charge in [0.25, 0.3) is 0 Å². The van der Waals surface area contributed by atoms with Crippen molar-refractivity contribution in [3.63, 3.8) is 0 Å². The van der Waals surface area contributed by atoms with Crippen molar-refractivity contribution >= 4 is 11.6 Å². The van der Waals surface area contributed by atoms with Gasteiger partial charge in [0.05, 0.1) is 12.2 Å². The molecule has 8 atom stereocenters. The van der Waals surface area contributed by atoms with Crippen LogP contribution >= 0.6 is 0 Å². The molecule has 4 aliphatic rings. The van der Waals surface area contributed by atoms with E-state index in [4.69, 9.17) is 0 Å². The summed E-state index contributed by atoms with van der Waals surface area (Å²) in [5.41, 5.74) is -2.46. The zero-order valence-corrected chi connectivity index (χ0v) is 15.8. The average Bonchev–Trinajstić information content (AvgIpc) is 2.82. The lowest BCUT2D eigenvalue weighted by atomic mass is 9.46. The molecule has 3 saturated carbocycles. The topological polar surface area (TPSA) is 115 Å². The van der Waals surface area contributed by atoms with Crippen molar-refractivity contribution < 1.29 is 30.0 Å². The van der Waals surface area contributed by atoms with Crippen molar-refractivity contribution in [3.8, 4) is 0 Å². The first-order chi connectivity index (χ1) is 12.6. The number of Topliss-reactive ketones (excluding diaryl/α,β-unsaturated/α-hetero) is 1. The van der Waals surface area contributed by atoms with Crippen LogP contribution in [0.3, 0.4) is 0 Å². The third kappa shape index (κ3) is 2.21. The van der Waals surface area contributed by atoms with Gasteiger partial charge < -0.3 is 20.4 Å². The van der Waals surface area contributed by atoms with E-state index in [0.717, 1.165) is 18.4 Å². The fraction of sp³-hybridized carbons (Fsp3) is 0.714. The highest BCUT2D eigenvalue weighted by Gasteiger charge is 2.71. The molecule has 0 aromatic heterocycles. The Hall–Kier alpha value is -1.34. The SMILES string of the molecule is CC12C=CC(=O)C=C1CCC1C2[C@@H](O)C[C@@]2(C)C1C[C@@H](O)[C@]2(O)C(=O)CO. The second-order valence-electron chi connectivity index (χ2n) is 9.31. The molecule has 0 bridgehead atoms. The maximum Gasteiger partial charge on any atom is 0.192 e. The highest BCUT2D eigenvalue weighted by atomic mass is 16.4. The van der Waals surface area contributed by atoms with Crippen LogP contribution in [0.5, 0.6) is 0 Å². The first kappa shape index (κ1) is 19.0. The number of carbonyl (C=O) groups excluding carboxylic acids is 2. The Morgan fingerprint density at radius 2 is 2.00 bits per heavy atom.